The maximum Gasteiger partial charge on any atom is 0.588 e. The van der Waals surface area contributed by atoms with Gasteiger partial charge < -0.3 is 39.2 Å². The first-order chi connectivity index (χ1) is 37.6. The molecule has 2 aromatic carbocycles. The quantitative estimate of drug-likeness (QED) is 0.0282. The molecule has 2 aromatic rings. The van der Waals surface area contributed by atoms with Crippen molar-refractivity contribution in [2.45, 2.75) is 308 Å². The molecule has 0 bridgehead atoms. The number of phosphoric ester groups is 1. The number of rotatable bonds is 50. The van der Waals surface area contributed by atoms with Crippen LogP contribution in [0.3, 0.4) is 0 Å². The number of phosphoric acid groups is 1. The van der Waals surface area contributed by atoms with E-state index in [0.717, 1.165) is 70.6 Å². The molecule has 1 heterocycles. The monoisotopic (exact) mass is 1100 g/mol. The van der Waals surface area contributed by atoms with E-state index < -0.39 is 63.1 Å². The summed E-state index contributed by atoms with van der Waals surface area (Å²) in [6.45, 7) is 5.99. The molecule has 1 fully saturated rings. The van der Waals surface area contributed by atoms with Crippen LogP contribution in [0, 0.1) is 5.92 Å². The van der Waals surface area contributed by atoms with Gasteiger partial charge in [-0.1, -0.05) is 275 Å². The fraction of sp³-hybridized carbons (Fsp3) is 0.781. The van der Waals surface area contributed by atoms with Crippen LogP contribution in [0.25, 0.3) is 0 Å². The third-order valence-electron chi connectivity index (χ3n) is 15.3. The standard InChI is InChI=1S/C64H110NO11P/c1-4-7-10-13-16-19-20-21-22-23-24-25-28-30-33-38-45-54(44-37-32-29-26-17-14-11-8-5-2)51-60(69)73-63-61(65-59(68)52-55(67)46-39-34-31-27-18-15-12-9-6-3)64(70)72-58(53-66)62(63)76-77(71,74-56-47-40-35-41-48-56)75-57-49-42-36-43-50-57/h35-36,40-43,47-50,54-55,58,61-64,66-67,70H,4-34,37-39,44-46,51-53H2,1-3H3,(H,65,68)/t54?,55-,58-,61-,62-,63-,64?/m1/s1. The van der Waals surface area contributed by atoms with Gasteiger partial charge in [0.2, 0.25) is 5.91 Å². The Morgan fingerprint density at radius 1 is 0.532 bits per heavy atom. The molecule has 442 valence electrons. The highest BCUT2D eigenvalue weighted by Crippen LogP contribution is 2.52. The van der Waals surface area contributed by atoms with Crippen molar-refractivity contribution in [1.29, 1.82) is 0 Å². The Bertz CT molecular complexity index is 1710. The lowest BCUT2D eigenvalue weighted by Gasteiger charge is -2.44. The third-order valence-corrected chi connectivity index (χ3v) is 16.7. The van der Waals surface area contributed by atoms with E-state index in [9.17, 15) is 29.5 Å². The predicted octanol–water partition coefficient (Wildman–Crippen LogP) is 17.0. The molecule has 77 heavy (non-hydrogen) atoms. The zero-order valence-electron chi connectivity index (χ0n) is 48.7. The van der Waals surface area contributed by atoms with Gasteiger partial charge in [0.1, 0.15) is 29.7 Å². The van der Waals surface area contributed by atoms with Crippen molar-refractivity contribution in [3.8, 4) is 11.5 Å². The second-order valence-electron chi connectivity index (χ2n) is 22.4. The van der Waals surface area contributed by atoms with Gasteiger partial charge >= 0.3 is 13.8 Å². The van der Waals surface area contributed by atoms with Gasteiger partial charge in [-0.3, -0.25) is 14.1 Å². The van der Waals surface area contributed by atoms with Crippen molar-refractivity contribution in [2.24, 2.45) is 5.92 Å². The molecule has 7 atom stereocenters. The number of ether oxygens (including phenoxy) is 2. The lowest BCUT2D eigenvalue weighted by atomic mass is 9.91. The van der Waals surface area contributed by atoms with E-state index in [1.807, 2.05) is 0 Å². The Labute approximate surface area is 468 Å². The Morgan fingerprint density at radius 3 is 1.27 bits per heavy atom. The molecule has 1 aliphatic rings. The average Bonchev–Trinajstić information content (AvgIpc) is 3.42. The Morgan fingerprint density at radius 2 is 0.896 bits per heavy atom. The van der Waals surface area contributed by atoms with Crippen LogP contribution in [0.2, 0.25) is 0 Å². The van der Waals surface area contributed by atoms with Crippen molar-refractivity contribution in [1.82, 2.24) is 5.32 Å². The third kappa shape index (κ3) is 32.8. The van der Waals surface area contributed by atoms with E-state index in [1.54, 1.807) is 60.7 Å². The van der Waals surface area contributed by atoms with Crippen LogP contribution < -0.4 is 14.4 Å². The molecular formula is C64H110NO11P. The molecule has 1 aliphatic heterocycles. The smallest absolute Gasteiger partial charge is 0.457 e. The van der Waals surface area contributed by atoms with Crippen molar-refractivity contribution in [2.75, 3.05) is 6.61 Å². The van der Waals surface area contributed by atoms with Gasteiger partial charge in [0.25, 0.3) is 0 Å². The lowest BCUT2D eigenvalue weighted by Crippen LogP contribution is -2.66. The predicted molar refractivity (Wildman–Crippen MR) is 313 cm³/mol. The summed E-state index contributed by atoms with van der Waals surface area (Å²) in [7, 11) is -4.71. The summed E-state index contributed by atoms with van der Waals surface area (Å²) in [5, 5.41) is 36.1. The minimum absolute atomic E-state index is 0.0367. The highest BCUT2D eigenvalue weighted by molar-refractivity contribution is 7.49. The molecule has 1 amide bonds. The molecule has 4 N–H and O–H groups in total. The van der Waals surface area contributed by atoms with Crippen LogP contribution in [-0.2, 0) is 28.2 Å². The summed E-state index contributed by atoms with van der Waals surface area (Å²) in [6.07, 6.45) is 36.4. The van der Waals surface area contributed by atoms with Crippen LogP contribution in [0.4, 0.5) is 0 Å². The summed E-state index contributed by atoms with van der Waals surface area (Å²) in [4.78, 5) is 28.2. The van der Waals surface area contributed by atoms with Crippen molar-refractivity contribution >= 4 is 19.7 Å². The number of carbonyl (C=O) groups excluding carboxylic acids is 2. The number of unbranched alkanes of at least 4 members (excludes halogenated alkanes) is 31. The molecule has 0 aromatic heterocycles. The highest BCUT2D eigenvalue weighted by atomic mass is 31.2. The maximum atomic E-state index is 14.9. The Hall–Kier alpha value is -2.99. The van der Waals surface area contributed by atoms with Gasteiger partial charge in [-0.2, -0.15) is 0 Å². The van der Waals surface area contributed by atoms with Crippen molar-refractivity contribution in [3.05, 3.63) is 60.7 Å². The van der Waals surface area contributed by atoms with Gasteiger partial charge in [-0.05, 0) is 49.4 Å². The SMILES string of the molecule is CCCCCCCCCCCCCCCCCCC(CCCCCCCCCCC)CC(=O)O[C@H]1[C@H](OP(=O)(Oc2ccccc2)Oc2ccccc2)[C@@H](CO)OC(O)[C@@H]1NC(=O)C[C@H](O)CCCCCCCCCCC. The number of aliphatic hydroxyl groups excluding tert-OH is 3. The highest BCUT2D eigenvalue weighted by Gasteiger charge is 2.53. The minimum atomic E-state index is -4.71. The molecule has 3 rings (SSSR count). The zero-order chi connectivity index (χ0) is 55.4. The second kappa shape index (κ2) is 44.7. The molecule has 1 saturated heterocycles. The van der Waals surface area contributed by atoms with Gasteiger partial charge in [0, 0.05) is 6.42 Å². The second-order valence-corrected chi connectivity index (χ2v) is 23.8. The number of para-hydroxylation sites is 2. The molecule has 2 unspecified atom stereocenters. The normalized spacial score (nSPS) is 18.4. The Kier molecular flexibility index (Phi) is 39.7. The summed E-state index contributed by atoms with van der Waals surface area (Å²) >= 11 is 0. The lowest BCUT2D eigenvalue weighted by molar-refractivity contribution is -0.255. The van der Waals surface area contributed by atoms with E-state index in [-0.39, 0.29) is 30.3 Å². The number of carbonyl (C=O) groups is 2. The molecule has 0 spiro atoms. The Balaban J connectivity index is 1.75. The first-order valence-corrected chi connectivity index (χ1v) is 33.0. The summed E-state index contributed by atoms with van der Waals surface area (Å²) in [5.41, 5.74) is 0. The van der Waals surface area contributed by atoms with E-state index in [1.165, 1.54) is 161 Å². The molecule has 0 radical (unpaired) electrons. The van der Waals surface area contributed by atoms with Crippen LogP contribution in [0.1, 0.15) is 271 Å². The summed E-state index contributed by atoms with van der Waals surface area (Å²) < 4.78 is 45.4. The topological polar surface area (TPSA) is 170 Å². The fourth-order valence-electron chi connectivity index (χ4n) is 10.7. The minimum Gasteiger partial charge on any atom is -0.457 e. The maximum absolute atomic E-state index is 14.9. The number of benzene rings is 2. The van der Waals surface area contributed by atoms with Crippen LogP contribution >= 0.6 is 7.82 Å². The number of esters is 1. The molecule has 0 saturated carbocycles. The molecular weight excluding hydrogens is 990 g/mol. The van der Waals surface area contributed by atoms with Gasteiger partial charge in [-0.25, -0.2) is 4.57 Å². The first kappa shape index (κ1) is 68.3. The van der Waals surface area contributed by atoms with Crippen LogP contribution in [0.5, 0.6) is 11.5 Å². The number of nitrogens with one attached hydrogen (secondary N) is 1. The molecule has 13 heteroatoms. The number of hydrogen-bond acceptors (Lipinski definition) is 11. The number of aliphatic hydroxyl groups is 3. The van der Waals surface area contributed by atoms with Crippen LogP contribution in [-0.4, -0.2) is 70.6 Å². The zero-order valence-corrected chi connectivity index (χ0v) is 49.5. The van der Waals surface area contributed by atoms with Gasteiger partial charge in [0.15, 0.2) is 12.4 Å². The van der Waals surface area contributed by atoms with E-state index in [2.05, 4.69) is 26.1 Å². The van der Waals surface area contributed by atoms with Gasteiger partial charge in [0.05, 0.1) is 19.1 Å². The molecule has 0 aliphatic carbocycles. The number of amides is 1. The van der Waals surface area contributed by atoms with Gasteiger partial charge in [-0.15, -0.1) is 0 Å². The number of hydrogen-bond donors (Lipinski definition) is 4. The van der Waals surface area contributed by atoms with Crippen molar-refractivity contribution in [3.63, 3.8) is 0 Å². The average molecular weight is 1100 g/mol. The fourth-order valence-corrected chi connectivity index (χ4v) is 12.1. The van der Waals surface area contributed by atoms with E-state index in [4.69, 9.17) is 23.0 Å². The molecule has 12 nitrogen and oxygen atoms in total. The van der Waals surface area contributed by atoms with Crippen LogP contribution in [0.15, 0.2) is 60.7 Å². The van der Waals surface area contributed by atoms with E-state index >= 15 is 0 Å². The summed E-state index contributed by atoms with van der Waals surface area (Å²) in [5.74, 6) is -0.804. The summed E-state index contributed by atoms with van der Waals surface area (Å²) in [6, 6.07) is 15.2. The first-order valence-electron chi connectivity index (χ1n) is 31.5. The largest absolute Gasteiger partial charge is 0.588 e. The van der Waals surface area contributed by atoms with Crippen molar-refractivity contribution < 1.29 is 52.5 Å². The van der Waals surface area contributed by atoms with E-state index in [0.29, 0.717) is 6.42 Å².